The van der Waals surface area contributed by atoms with E-state index in [2.05, 4.69) is 15.9 Å². The lowest BCUT2D eigenvalue weighted by Crippen LogP contribution is -2.50. The summed E-state index contributed by atoms with van der Waals surface area (Å²) < 4.78 is 0.801. The van der Waals surface area contributed by atoms with Crippen LogP contribution in [0.15, 0.2) is 28.7 Å². The summed E-state index contributed by atoms with van der Waals surface area (Å²) in [5.74, 6) is 0.644. The van der Waals surface area contributed by atoms with Crippen LogP contribution in [-0.2, 0) is 4.79 Å². The van der Waals surface area contributed by atoms with Gasteiger partial charge < -0.3 is 9.80 Å². The van der Waals surface area contributed by atoms with Gasteiger partial charge in [-0.3, -0.25) is 9.59 Å². The molecule has 0 radical (unpaired) electrons. The molecule has 2 rings (SSSR count). The number of piperazine rings is 1. The fourth-order valence-corrected chi connectivity index (χ4v) is 2.93. The Balaban J connectivity index is 1.91. The van der Waals surface area contributed by atoms with Gasteiger partial charge in [0.1, 0.15) is 0 Å². The van der Waals surface area contributed by atoms with Crippen LogP contribution in [0, 0.1) is 0 Å². The van der Waals surface area contributed by atoms with E-state index in [1.807, 2.05) is 29.2 Å². The average Bonchev–Trinajstić information content (AvgIpc) is 2.52. The number of rotatable bonds is 4. The van der Waals surface area contributed by atoms with Crippen molar-refractivity contribution in [3.05, 3.63) is 34.3 Å². The van der Waals surface area contributed by atoms with Crippen molar-refractivity contribution in [3.63, 3.8) is 0 Å². The van der Waals surface area contributed by atoms with E-state index in [-0.39, 0.29) is 11.8 Å². The maximum atomic E-state index is 12.4. The average molecular weight is 374 g/mol. The summed E-state index contributed by atoms with van der Waals surface area (Å²) in [6.45, 7) is 2.34. The molecule has 114 valence electrons. The summed E-state index contributed by atoms with van der Waals surface area (Å²) in [6.07, 6.45) is 1.19. The molecule has 0 spiro atoms. The van der Waals surface area contributed by atoms with Crippen molar-refractivity contribution in [1.82, 2.24) is 9.80 Å². The van der Waals surface area contributed by atoms with E-state index in [0.717, 1.165) is 4.47 Å². The van der Waals surface area contributed by atoms with E-state index in [9.17, 15) is 9.59 Å². The van der Waals surface area contributed by atoms with Crippen LogP contribution in [0.2, 0.25) is 0 Å². The molecule has 0 bridgehead atoms. The molecule has 2 amide bonds. The van der Waals surface area contributed by atoms with Gasteiger partial charge in [0.2, 0.25) is 5.91 Å². The predicted octanol–water partition coefficient (Wildman–Crippen LogP) is 2.75. The fraction of sp³-hybridized carbons (Fsp3) is 0.467. The molecule has 1 fully saturated rings. The Kier molecular flexibility index (Phi) is 6.06. The van der Waals surface area contributed by atoms with Crippen molar-refractivity contribution in [1.29, 1.82) is 0 Å². The van der Waals surface area contributed by atoms with Crippen LogP contribution in [0.4, 0.5) is 0 Å². The van der Waals surface area contributed by atoms with Crippen LogP contribution in [0.25, 0.3) is 0 Å². The Morgan fingerprint density at radius 3 is 2.33 bits per heavy atom. The molecule has 0 saturated carbocycles. The molecule has 0 aliphatic carbocycles. The first-order valence-corrected chi connectivity index (χ1v) is 8.34. The zero-order valence-corrected chi connectivity index (χ0v) is 14.1. The van der Waals surface area contributed by atoms with Crippen LogP contribution < -0.4 is 0 Å². The lowest BCUT2D eigenvalue weighted by molar-refractivity contribution is -0.132. The van der Waals surface area contributed by atoms with Gasteiger partial charge in [-0.05, 0) is 34.5 Å². The van der Waals surface area contributed by atoms with E-state index >= 15 is 0 Å². The minimum absolute atomic E-state index is 0.00957. The van der Waals surface area contributed by atoms with Gasteiger partial charge in [-0.1, -0.05) is 12.1 Å². The van der Waals surface area contributed by atoms with Gasteiger partial charge in [0.15, 0.2) is 0 Å². The first-order valence-electron chi connectivity index (χ1n) is 7.01. The van der Waals surface area contributed by atoms with Crippen molar-refractivity contribution in [2.75, 3.05) is 32.1 Å². The second-order valence-electron chi connectivity index (χ2n) is 4.95. The molecule has 1 aromatic carbocycles. The van der Waals surface area contributed by atoms with Crippen LogP contribution in [0.1, 0.15) is 23.2 Å². The summed E-state index contributed by atoms with van der Waals surface area (Å²) in [6, 6.07) is 7.40. The monoisotopic (exact) mass is 372 g/mol. The van der Waals surface area contributed by atoms with Gasteiger partial charge in [-0.15, -0.1) is 11.6 Å². The standard InChI is InChI=1S/C15H18BrClN2O2/c16-13-5-2-1-4-12(13)15(21)19-10-8-18(9-11-19)14(20)6-3-7-17/h1-2,4-5H,3,6-11H2. The third-order valence-corrected chi connectivity index (χ3v) is 4.51. The maximum absolute atomic E-state index is 12.4. The normalized spacial score (nSPS) is 15.1. The molecule has 0 N–H and O–H groups in total. The Morgan fingerprint density at radius 1 is 1.10 bits per heavy atom. The first kappa shape index (κ1) is 16.3. The van der Waals surface area contributed by atoms with Crippen molar-refractivity contribution < 1.29 is 9.59 Å². The molecule has 0 aromatic heterocycles. The van der Waals surface area contributed by atoms with Gasteiger partial charge in [0, 0.05) is 43.0 Å². The van der Waals surface area contributed by atoms with Crippen molar-refractivity contribution in [2.45, 2.75) is 12.8 Å². The smallest absolute Gasteiger partial charge is 0.255 e. The van der Waals surface area contributed by atoms with Crippen molar-refractivity contribution in [3.8, 4) is 0 Å². The van der Waals surface area contributed by atoms with E-state index < -0.39 is 0 Å². The van der Waals surface area contributed by atoms with Crippen LogP contribution in [0.5, 0.6) is 0 Å². The number of alkyl halides is 1. The summed E-state index contributed by atoms with van der Waals surface area (Å²) in [5.41, 5.74) is 0.666. The van der Waals surface area contributed by atoms with E-state index in [1.165, 1.54) is 0 Å². The van der Waals surface area contributed by atoms with Gasteiger partial charge in [0.05, 0.1) is 5.56 Å². The molecule has 21 heavy (non-hydrogen) atoms. The molecule has 6 heteroatoms. The summed E-state index contributed by atoms with van der Waals surface area (Å²) in [4.78, 5) is 28.0. The number of nitrogens with zero attached hydrogens (tertiary/aromatic N) is 2. The van der Waals surface area contributed by atoms with Gasteiger partial charge >= 0.3 is 0 Å². The van der Waals surface area contributed by atoms with E-state index in [0.29, 0.717) is 50.5 Å². The predicted molar refractivity (Wildman–Crippen MR) is 86.6 cm³/mol. The number of carbonyl (C=O) groups is 2. The molecule has 0 atom stereocenters. The summed E-state index contributed by atoms with van der Waals surface area (Å²) in [7, 11) is 0. The van der Waals surface area contributed by atoms with Crippen molar-refractivity contribution in [2.24, 2.45) is 0 Å². The SMILES string of the molecule is O=C(CCCCl)N1CCN(C(=O)c2ccccc2Br)CC1. The first-order chi connectivity index (χ1) is 10.1. The molecule has 4 nitrogen and oxygen atoms in total. The lowest BCUT2D eigenvalue weighted by atomic mass is 10.1. The molecular formula is C15H18BrClN2O2. The Hall–Kier alpha value is -1.07. The Labute approximate surface area is 138 Å². The Morgan fingerprint density at radius 2 is 1.71 bits per heavy atom. The van der Waals surface area contributed by atoms with Crippen LogP contribution >= 0.6 is 27.5 Å². The summed E-state index contributed by atoms with van der Waals surface area (Å²) in [5, 5.41) is 0. The molecular weight excluding hydrogens is 356 g/mol. The quantitative estimate of drug-likeness (QED) is 0.762. The number of hydrogen-bond donors (Lipinski definition) is 0. The molecule has 1 aliphatic heterocycles. The number of benzene rings is 1. The second kappa shape index (κ2) is 7.80. The second-order valence-corrected chi connectivity index (χ2v) is 6.18. The van der Waals surface area contributed by atoms with Crippen LogP contribution in [0.3, 0.4) is 0 Å². The summed E-state index contributed by atoms with van der Waals surface area (Å²) >= 11 is 9.01. The molecule has 1 aliphatic rings. The van der Waals surface area contributed by atoms with Gasteiger partial charge in [-0.25, -0.2) is 0 Å². The Bertz CT molecular complexity index is 516. The number of hydrogen-bond acceptors (Lipinski definition) is 2. The highest BCUT2D eigenvalue weighted by molar-refractivity contribution is 9.10. The van der Waals surface area contributed by atoms with Gasteiger partial charge in [0.25, 0.3) is 5.91 Å². The number of halogens is 2. The highest BCUT2D eigenvalue weighted by Crippen LogP contribution is 2.19. The minimum Gasteiger partial charge on any atom is -0.339 e. The highest BCUT2D eigenvalue weighted by Gasteiger charge is 2.25. The molecule has 0 unspecified atom stereocenters. The zero-order chi connectivity index (χ0) is 15.2. The van der Waals surface area contributed by atoms with E-state index in [4.69, 9.17) is 11.6 Å². The topological polar surface area (TPSA) is 40.6 Å². The molecule has 1 saturated heterocycles. The van der Waals surface area contributed by atoms with Gasteiger partial charge in [-0.2, -0.15) is 0 Å². The number of carbonyl (C=O) groups excluding carboxylic acids is 2. The van der Waals surface area contributed by atoms with E-state index in [1.54, 1.807) is 4.90 Å². The van der Waals surface area contributed by atoms with Crippen molar-refractivity contribution >= 4 is 39.3 Å². The largest absolute Gasteiger partial charge is 0.339 e. The molecule has 1 heterocycles. The highest BCUT2D eigenvalue weighted by atomic mass is 79.9. The lowest BCUT2D eigenvalue weighted by Gasteiger charge is -2.35. The molecule has 1 aromatic rings. The zero-order valence-electron chi connectivity index (χ0n) is 11.7. The minimum atomic E-state index is 0.00957. The third kappa shape index (κ3) is 4.20. The third-order valence-electron chi connectivity index (χ3n) is 3.55. The van der Waals surface area contributed by atoms with Crippen LogP contribution in [-0.4, -0.2) is 53.7 Å². The number of amides is 2. The fourth-order valence-electron chi connectivity index (χ4n) is 2.34. The maximum Gasteiger partial charge on any atom is 0.255 e.